The van der Waals surface area contributed by atoms with Crippen LogP contribution >= 0.6 is 22.6 Å². The van der Waals surface area contributed by atoms with Crippen molar-refractivity contribution >= 4 is 34.5 Å². The minimum Gasteiger partial charge on any atom is -0.506 e. The van der Waals surface area contributed by atoms with Gasteiger partial charge in [-0.15, -0.1) is 0 Å². The van der Waals surface area contributed by atoms with Gasteiger partial charge in [-0.05, 0) is 77.9 Å². The first-order valence-corrected chi connectivity index (χ1v) is 8.03. The summed E-state index contributed by atoms with van der Waals surface area (Å²) >= 11 is 2.02. The molecule has 0 aliphatic carbocycles. The van der Waals surface area contributed by atoms with Crippen LogP contribution in [0.1, 0.15) is 28.4 Å². The summed E-state index contributed by atoms with van der Waals surface area (Å²) in [4.78, 5) is 12.2. The van der Waals surface area contributed by atoms with Gasteiger partial charge in [-0.2, -0.15) is 0 Å². The maximum Gasteiger partial charge on any atom is 0.189 e. The van der Waals surface area contributed by atoms with Gasteiger partial charge in [-0.3, -0.25) is 4.79 Å². The number of aromatic hydroxyl groups is 1. The summed E-state index contributed by atoms with van der Waals surface area (Å²) in [6, 6.07) is 11.0. The molecule has 0 amide bonds. The SMILES string of the molecule is CCOc1ccc(/C=C/C(=O)c2cc(C)cc(I)c2O)cc1. The van der Waals surface area contributed by atoms with Gasteiger partial charge in [-0.1, -0.05) is 18.2 Å². The van der Waals surface area contributed by atoms with Crippen LogP contribution in [-0.4, -0.2) is 17.5 Å². The van der Waals surface area contributed by atoms with Gasteiger partial charge < -0.3 is 9.84 Å². The smallest absolute Gasteiger partial charge is 0.189 e. The molecule has 0 saturated heterocycles. The van der Waals surface area contributed by atoms with Gasteiger partial charge in [0.1, 0.15) is 11.5 Å². The number of hydrogen-bond acceptors (Lipinski definition) is 3. The molecular weight excluding hydrogens is 391 g/mol. The second-order valence-electron chi connectivity index (χ2n) is 4.84. The zero-order valence-electron chi connectivity index (χ0n) is 12.5. The van der Waals surface area contributed by atoms with E-state index in [9.17, 15) is 9.90 Å². The minimum atomic E-state index is -0.215. The van der Waals surface area contributed by atoms with E-state index in [1.54, 1.807) is 12.1 Å². The monoisotopic (exact) mass is 408 g/mol. The Morgan fingerprint density at radius 2 is 1.95 bits per heavy atom. The number of carbonyl (C=O) groups is 1. The molecule has 2 aromatic rings. The lowest BCUT2D eigenvalue weighted by Gasteiger charge is -2.05. The lowest BCUT2D eigenvalue weighted by molar-refractivity contribution is 0.104. The topological polar surface area (TPSA) is 46.5 Å². The number of carbonyl (C=O) groups excluding carboxylic acids is 1. The number of phenolic OH excluding ortho intramolecular Hbond substituents is 1. The number of halogens is 1. The van der Waals surface area contributed by atoms with Gasteiger partial charge in [0.2, 0.25) is 0 Å². The average Bonchev–Trinajstić information content (AvgIpc) is 2.50. The number of ketones is 1. The van der Waals surface area contributed by atoms with Crippen molar-refractivity contribution in [2.45, 2.75) is 13.8 Å². The Labute approximate surface area is 143 Å². The predicted molar refractivity (Wildman–Crippen MR) is 96.5 cm³/mol. The van der Waals surface area contributed by atoms with E-state index < -0.39 is 0 Å². The maximum atomic E-state index is 12.2. The average molecular weight is 408 g/mol. The third-order valence-electron chi connectivity index (χ3n) is 3.09. The number of phenols is 1. The first-order chi connectivity index (χ1) is 10.5. The quantitative estimate of drug-likeness (QED) is 0.447. The van der Waals surface area contributed by atoms with Crippen molar-refractivity contribution in [3.8, 4) is 11.5 Å². The van der Waals surface area contributed by atoms with E-state index in [4.69, 9.17) is 4.74 Å². The Morgan fingerprint density at radius 1 is 1.27 bits per heavy atom. The molecule has 22 heavy (non-hydrogen) atoms. The Hall–Kier alpha value is -1.82. The fourth-order valence-electron chi connectivity index (χ4n) is 2.03. The molecule has 0 unspecified atom stereocenters. The number of ether oxygens (including phenoxy) is 1. The normalized spacial score (nSPS) is 10.9. The van der Waals surface area contributed by atoms with Crippen LogP contribution in [0, 0.1) is 10.5 Å². The predicted octanol–water partition coefficient (Wildman–Crippen LogP) is 4.60. The molecule has 0 radical (unpaired) electrons. The lowest BCUT2D eigenvalue weighted by atomic mass is 10.1. The van der Waals surface area contributed by atoms with Crippen LogP contribution in [0.15, 0.2) is 42.5 Å². The van der Waals surface area contributed by atoms with Crippen LogP contribution in [0.5, 0.6) is 11.5 Å². The first kappa shape index (κ1) is 16.5. The number of hydrogen-bond donors (Lipinski definition) is 1. The van der Waals surface area contributed by atoms with Crippen molar-refractivity contribution in [2.75, 3.05) is 6.61 Å². The summed E-state index contributed by atoms with van der Waals surface area (Å²) in [5.74, 6) is 0.623. The minimum absolute atomic E-state index is 0.0348. The van der Waals surface area contributed by atoms with Crippen LogP contribution in [-0.2, 0) is 0 Å². The molecule has 0 spiro atoms. The van der Waals surface area contributed by atoms with E-state index in [1.165, 1.54) is 6.08 Å². The summed E-state index contributed by atoms with van der Waals surface area (Å²) in [5.41, 5.74) is 2.17. The number of allylic oxidation sites excluding steroid dienone is 1. The second kappa shape index (κ2) is 7.45. The van der Waals surface area contributed by atoms with Crippen LogP contribution in [0.2, 0.25) is 0 Å². The molecule has 0 aromatic heterocycles. The Kier molecular flexibility index (Phi) is 5.60. The van der Waals surface area contributed by atoms with E-state index >= 15 is 0 Å². The largest absolute Gasteiger partial charge is 0.506 e. The third kappa shape index (κ3) is 4.10. The van der Waals surface area contributed by atoms with E-state index in [-0.39, 0.29) is 11.5 Å². The summed E-state index contributed by atoms with van der Waals surface area (Å²) in [6.07, 6.45) is 3.20. The van der Waals surface area contributed by atoms with Gasteiger partial charge in [0.15, 0.2) is 5.78 Å². The zero-order valence-corrected chi connectivity index (χ0v) is 14.6. The molecule has 0 atom stereocenters. The van der Waals surface area contributed by atoms with Crippen LogP contribution < -0.4 is 4.74 Å². The first-order valence-electron chi connectivity index (χ1n) is 6.95. The van der Waals surface area contributed by atoms with Gasteiger partial charge in [0.05, 0.1) is 15.7 Å². The van der Waals surface area contributed by atoms with Gasteiger partial charge in [-0.25, -0.2) is 0 Å². The van der Waals surface area contributed by atoms with E-state index in [0.29, 0.717) is 15.7 Å². The number of benzene rings is 2. The summed E-state index contributed by atoms with van der Waals surface area (Å²) in [5, 5.41) is 10.0. The molecule has 114 valence electrons. The molecule has 4 heteroatoms. The second-order valence-corrected chi connectivity index (χ2v) is 6.00. The highest BCUT2D eigenvalue weighted by Gasteiger charge is 2.12. The molecule has 0 saturated carbocycles. The molecule has 0 aliphatic rings. The van der Waals surface area contributed by atoms with Crippen molar-refractivity contribution in [2.24, 2.45) is 0 Å². The highest BCUT2D eigenvalue weighted by Crippen LogP contribution is 2.26. The molecule has 2 aromatic carbocycles. The highest BCUT2D eigenvalue weighted by molar-refractivity contribution is 14.1. The van der Waals surface area contributed by atoms with Crippen molar-refractivity contribution in [1.82, 2.24) is 0 Å². The Bertz CT molecular complexity index is 703. The number of rotatable bonds is 5. The molecule has 2 rings (SSSR count). The van der Waals surface area contributed by atoms with E-state index in [2.05, 4.69) is 0 Å². The van der Waals surface area contributed by atoms with E-state index in [0.717, 1.165) is 16.9 Å². The third-order valence-corrected chi connectivity index (χ3v) is 3.91. The van der Waals surface area contributed by atoms with Crippen LogP contribution in [0.25, 0.3) is 6.08 Å². The van der Waals surface area contributed by atoms with Gasteiger partial charge in [0, 0.05) is 0 Å². The van der Waals surface area contributed by atoms with Crippen molar-refractivity contribution in [3.05, 3.63) is 62.7 Å². The van der Waals surface area contributed by atoms with Crippen LogP contribution in [0.4, 0.5) is 0 Å². The van der Waals surface area contributed by atoms with Gasteiger partial charge in [0.25, 0.3) is 0 Å². The zero-order chi connectivity index (χ0) is 16.1. The lowest BCUT2D eigenvalue weighted by Crippen LogP contribution is -1.97. The Balaban J connectivity index is 2.18. The van der Waals surface area contributed by atoms with Crippen molar-refractivity contribution in [3.63, 3.8) is 0 Å². The fraction of sp³-hybridized carbons (Fsp3) is 0.167. The molecule has 0 fully saturated rings. The molecular formula is C18H17IO3. The van der Waals surface area contributed by atoms with Crippen LogP contribution in [0.3, 0.4) is 0 Å². The van der Waals surface area contributed by atoms with E-state index in [1.807, 2.05) is 66.8 Å². The summed E-state index contributed by atoms with van der Waals surface area (Å²) in [7, 11) is 0. The summed E-state index contributed by atoms with van der Waals surface area (Å²) < 4.78 is 6.05. The summed E-state index contributed by atoms with van der Waals surface area (Å²) in [6.45, 7) is 4.45. The van der Waals surface area contributed by atoms with Crippen molar-refractivity contribution < 1.29 is 14.6 Å². The Morgan fingerprint density at radius 3 is 2.59 bits per heavy atom. The molecule has 0 heterocycles. The molecule has 0 bridgehead atoms. The molecule has 1 N–H and O–H groups in total. The number of aryl methyl sites for hydroxylation is 1. The maximum absolute atomic E-state index is 12.2. The van der Waals surface area contributed by atoms with Gasteiger partial charge >= 0.3 is 0 Å². The molecule has 3 nitrogen and oxygen atoms in total. The molecule has 0 aliphatic heterocycles. The fourth-order valence-corrected chi connectivity index (χ4v) is 2.81. The highest BCUT2D eigenvalue weighted by atomic mass is 127. The standard InChI is InChI=1S/C18H17IO3/c1-3-22-14-7-4-13(5-8-14)6-9-17(20)15-10-12(2)11-16(19)18(15)21/h4-11,21H,3H2,1-2H3/b9-6+. The van der Waals surface area contributed by atoms with Crippen molar-refractivity contribution in [1.29, 1.82) is 0 Å².